The second-order valence-corrected chi connectivity index (χ2v) is 10.0. The number of aromatic nitrogens is 1. The molecule has 0 spiro atoms. The van der Waals surface area contributed by atoms with Crippen molar-refractivity contribution in [2.75, 3.05) is 44.7 Å². The van der Waals surface area contributed by atoms with Crippen LogP contribution in [0.25, 0.3) is 10.9 Å². The molecule has 1 saturated heterocycles. The number of carbonyl (C=O) groups excluding carboxylic acids is 2. The molecule has 3 aromatic carbocycles. The normalized spacial score (nSPS) is 17.3. The zero-order valence-electron chi connectivity index (χ0n) is 22.1. The maximum absolute atomic E-state index is 13.7. The summed E-state index contributed by atoms with van der Waals surface area (Å²) >= 11 is 0. The fraction of sp³-hybridized carbons (Fsp3) is 0.290. The lowest BCUT2D eigenvalue weighted by molar-refractivity contribution is -0.132. The van der Waals surface area contributed by atoms with Crippen LogP contribution >= 0.6 is 0 Å². The predicted octanol–water partition coefficient (Wildman–Crippen LogP) is 4.39. The van der Waals surface area contributed by atoms with Crippen LogP contribution in [0.3, 0.4) is 0 Å². The third-order valence-corrected chi connectivity index (χ3v) is 8.14. The van der Waals surface area contributed by atoms with Crippen molar-refractivity contribution >= 4 is 28.4 Å². The molecule has 4 aromatic rings. The molecular weight excluding hydrogens is 476 g/mol. The Balaban J connectivity index is 1.27. The van der Waals surface area contributed by atoms with Gasteiger partial charge in [-0.15, -0.1) is 0 Å². The van der Waals surface area contributed by atoms with Crippen LogP contribution in [0.1, 0.15) is 33.2 Å². The first-order valence-corrected chi connectivity index (χ1v) is 13.1. The van der Waals surface area contributed by atoms with Crippen molar-refractivity contribution in [1.82, 2.24) is 14.4 Å². The number of ether oxygens (including phenoxy) is 1. The Labute approximate surface area is 222 Å². The lowest BCUT2D eigenvalue weighted by Crippen LogP contribution is -2.51. The highest BCUT2D eigenvalue weighted by Crippen LogP contribution is 2.43. The van der Waals surface area contributed by atoms with Crippen molar-refractivity contribution in [1.29, 1.82) is 0 Å². The summed E-state index contributed by atoms with van der Waals surface area (Å²) in [5.74, 6) is 0.730. The molecule has 7 nitrogen and oxygen atoms in total. The van der Waals surface area contributed by atoms with Crippen LogP contribution in [0.4, 0.5) is 5.69 Å². The lowest BCUT2D eigenvalue weighted by atomic mass is 9.95. The number of nitrogens with zero attached hydrogens (tertiary/aromatic N) is 4. The van der Waals surface area contributed by atoms with Crippen molar-refractivity contribution in [3.8, 4) is 5.75 Å². The Morgan fingerprint density at radius 3 is 2.39 bits per heavy atom. The monoisotopic (exact) mass is 508 g/mol. The Bertz CT molecular complexity index is 1530. The highest BCUT2D eigenvalue weighted by Gasteiger charge is 2.41. The molecule has 194 valence electrons. The van der Waals surface area contributed by atoms with Gasteiger partial charge in [-0.25, -0.2) is 0 Å². The van der Waals surface area contributed by atoms with Crippen LogP contribution < -0.4 is 9.64 Å². The highest BCUT2D eigenvalue weighted by molar-refractivity contribution is 6.02. The highest BCUT2D eigenvalue weighted by atomic mass is 16.5. The summed E-state index contributed by atoms with van der Waals surface area (Å²) < 4.78 is 7.71. The number of hydrogen-bond acceptors (Lipinski definition) is 4. The van der Waals surface area contributed by atoms with Crippen molar-refractivity contribution in [3.63, 3.8) is 0 Å². The van der Waals surface area contributed by atoms with Gasteiger partial charge in [0.05, 0.1) is 18.8 Å². The predicted molar refractivity (Wildman–Crippen MR) is 149 cm³/mol. The van der Waals surface area contributed by atoms with Gasteiger partial charge in [0, 0.05) is 61.0 Å². The number of para-hydroxylation sites is 3. The maximum atomic E-state index is 13.7. The average molecular weight is 509 g/mol. The Morgan fingerprint density at radius 2 is 1.61 bits per heavy atom. The van der Waals surface area contributed by atoms with Crippen LogP contribution in [-0.4, -0.2) is 66.0 Å². The number of rotatable bonds is 5. The van der Waals surface area contributed by atoms with Crippen LogP contribution in [0.15, 0.2) is 72.8 Å². The quantitative estimate of drug-likeness (QED) is 0.401. The van der Waals surface area contributed by atoms with E-state index < -0.39 is 0 Å². The average Bonchev–Trinajstić information content (AvgIpc) is 3.38. The molecule has 0 saturated carbocycles. The lowest BCUT2D eigenvalue weighted by Gasteiger charge is -2.37. The maximum Gasteiger partial charge on any atom is 0.255 e. The Hall–Kier alpha value is -4.26. The topological polar surface area (TPSA) is 58.0 Å². The van der Waals surface area contributed by atoms with Crippen molar-refractivity contribution in [2.24, 2.45) is 7.05 Å². The van der Waals surface area contributed by atoms with Crippen LogP contribution in [0.5, 0.6) is 5.75 Å². The van der Waals surface area contributed by atoms with E-state index in [1.165, 1.54) is 0 Å². The second kappa shape index (κ2) is 9.56. The van der Waals surface area contributed by atoms with Gasteiger partial charge >= 0.3 is 0 Å². The smallest absolute Gasteiger partial charge is 0.255 e. The van der Waals surface area contributed by atoms with E-state index in [4.69, 9.17) is 4.74 Å². The Morgan fingerprint density at radius 1 is 0.921 bits per heavy atom. The summed E-state index contributed by atoms with van der Waals surface area (Å²) in [5.41, 5.74) is 6.00. The van der Waals surface area contributed by atoms with E-state index >= 15 is 0 Å². The zero-order valence-corrected chi connectivity index (χ0v) is 22.1. The number of benzene rings is 3. The molecule has 38 heavy (non-hydrogen) atoms. The van der Waals surface area contributed by atoms with E-state index in [0.29, 0.717) is 31.7 Å². The summed E-state index contributed by atoms with van der Waals surface area (Å²) in [5, 5.41) is 1.12. The number of aryl methyl sites for hydroxylation is 1. The third-order valence-electron chi connectivity index (χ3n) is 8.14. The van der Waals surface area contributed by atoms with E-state index in [-0.39, 0.29) is 24.4 Å². The molecule has 2 aliphatic rings. The number of hydrogen-bond donors (Lipinski definition) is 0. The number of amides is 2. The fourth-order valence-corrected chi connectivity index (χ4v) is 6.07. The van der Waals surface area contributed by atoms with Crippen LogP contribution in [-0.2, 0) is 11.8 Å². The van der Waals surface area contributed by atoms with Gasteiger partial charge in [0.25, 0.3) is 5.91 Å². The number of anilines is 1. The van der Waals surface area contributed by atoms with E-state index in [2.05, 4.69) is 35.6 Å². The summed E-state index contributed by atoms with van der Waals surface area (Å²) in [6.07, 6.45) is 0. The van der Waals surface area contributed by atoms with Gasteiger partial charge in [-0.05, 0) is 36.8 Å². The molecular formula is C31H32N4O3. The molecule has 0 bridgehead atoms. The molecule has 2 aliphatic heterocycles. The summed E-state index contributed by atoms with van der Waals surface area (Å²) in [7, 11) is 3.73. The van der Waals surface area contributed by atoms with Crippen molar-refractivity contribution < 1.29 is 14.3 Å². The van der Waals surface area contributed by atoms with Gasteiger partial charge in [0.2, 0.25) is 5.91 Å². The number of methoxy groups -OCH3 is 1. The van der Waals surface area contributed by atoms with Crippen molar-refractivity contribution in [2.45, 2.75) is 13.0 Å². The fourth-order valence-electron chi connectivity index (χ4n) is 6.07. The number of piperazine rings is 1. The van der Waals surface area contributed by atoms with Gasteiger partial charge < -0.3 is 24.0 Å². The molecule has 3 heterocycles. The summed E-state index contributed by atoms with van der Waals surface area (Å²) in [4.78, 5) is 33.2. The molecule has 6 rings (SSSR count). The molecule has 1 unspecified atom stereocenters. The van der Waals surface area contributed by atoms with Crippen LogP contribution in [0.2, 0.25) is 0 Å². The van der Waals surface area contributed by atoms with Gasteiger partial charge in [0.15, 0.2) is 0 Å². The van der Waals surface area contributed by atoms with Crippen LogP contribution in [0, 0.1) is 6.92 Å². The first-order valence-electron chi connectivity index (χ1n) is 13.1. The first-order chi connectivity index (χ1) is 18.5. The molecule has 1 fully saturated rings. The molecule has 2 amide bonds. The first kappa shape index (κ1) is 24.1. The van der Waals surface area contributed by atoms with E-state index in [0.717, 1.165) is 39.2 Å². The standard InChI is InChI=1S/C31H32N4O3/c1-21-29(24-12-6-7-13-25(24)32(21)2)30-22-10-4-5-11-23(22)31(37)35(30)20-28(36)34-18-16-33(17-19-34)26-14-8-9-15-27(26)38-3/h4-15,30H,16-20H2,1-3H3. The molecule has 0 radical (unpaired) electrons. The molecule has 1 aromatic heterocycles. The minimum absolute atomic E-state index is 0.0197. The molecule has 1 atom stereocenters. The van der Waals surface area contributed by atoms with E-state index in [1.807, 2.05) is 65.6 Å². The number of carbonyl (C=O) groups is 2. The second-order valence-electron chi connectivity index (χ2n) is 10.0. The van der Waals surface area contributed by atoms with Crippen molar-refractivity contribution in [3.05, 3.63) is 95.2 Å². The molecule has 0 aliphatic carbocycles. The molecule has 0 N–H and O–H groups in total. The van der Waals surface area contributed by atoms with E-state index in [9.17, 15) is 9.59 Å². The van der Waals surface area contributed by atoms with Gasteiger partial charge in [0.1, 0.15) is 12.3 Å². The Kier molecular flexibility index (Phi) is 6.06. The SMILES string of the molecule is COc1ccccc1N1CCN(C(=O)CN2C(=O)c3ccccc3C2c2c(C)n(C)c3ccccc23)CC1. The third kappa shape index (κ3) is 3.81. The van der Waals surface area contributed by atoms with E-state index in [1.54, 1.807) is 12.0 Å². The van der Waals surface area contributed by atoms with Gasteiger partial charge in [-0.2, -0.15) is 0 Å². The zero-order chi connectivity index (χ0) is 26.4. The largest absolute Gasteiger partial charge is 0.495 e. The molecule has 7 heteroatoms. The van der Waals surface area contributed by atoms with Gasteiger partial charge in [-0.3, -0.25) is 9.59 Å². The summed E-state index contributed by atoms with van der Waals surface area (Å²) in [6, 6.07) is 23.7. The summed E-state index contributed by atoms with van der Waals surface area (Å²) in [6.45, 7) is 4.78. The number of fused-ring (bicyclic) bond motifs is 2. The minimum atomic E-state index is -0.302. The van der Waals surface area contributed by atoms with Gasteiger partial charge in [-0.1, -0.05) is 48.5 Å². The minimum Gasteiger partial charge on any atom is -0.495 e.